The predicted molar refractivity (Wildman–Crippen MR) is 73.0 cm³/mol. The number of hydrogen-bond donors (Lipinski definition) is 1. The van der Waals surface area contributed by atoms with Gasteiger partial charge in [0.25, 0.3) is 0 Å². The third kappa shape index (κ3) is 4.52. The van der Waals surface area contributed by atoms with Crippen molar-refractivity contribution in [1.82, 2.24) is 0 Å². The molecule has 0 spiro atoms. The van der Waals surface area contributed by atoms with E-state index in [-0.39, 0.29) is 11.8 Å². The molecule has 0 amide bonds. The maximum atomic E-state index is 12.2. The number of alkyl halides is 3. The predicted octanol–water partition coefficient (Wildman–Crippen LogP) is 2.96. The number of ether oxygens (including phenoxy) is 1. The Labute approximate surface area is 121 Å². The fourth-order valence-corrected chi connectivity index (χ4v) is 4.00. The van der Waals surface area contributed by atoms with Gasteiger partial charge in [-0.05, 0) is 31.4 Å². The second-order valence-electron chi connectivity index (χ2n) is 5.13. The van der Waals surface area contributed by atoms with Crippen molar-refractivity contribution in [3.05, 3.63) is 24.3 Å². The van der Waals surface area contributed by atoms with Crippen molar-refractivity contribution < 1.29 is 26.3 Å². The molecule has 0 aliphatic heterocycles. The summed E-state index contributed by atoms with van der Waals surface area (Å²) in [7, 11) is -3.18. The summed E-state index contributed by atoms with van der Waals surface area (Å²) in [6.45, 7) is 0. The number of benzene rings is 1. The Morgan fingerprint density at radius 1 is 1.29 bits per heavy atom. The Morgan fingerprint density at radius 3 is 2.62 bits per heavy atom. The summed E-state index contributed by atoms with van der Waals surface area (Å²) in [5.41, 5.74) is 0.414. The highest BCUT2D eigenvalue weighted by Crippen LogP contribution is 2.30. The van der Waals surface area contributed by atoms with Crippen LogP contribution < -0.4 is 10.1 Å². The van der Waals surface area contributed by atoms with Crippen molar-refractivity contribution in [2.45, 2.75) is 36.9 Å². The molecule has 118 valence electrons. The summed E-state index contributed by atoms with van der Waals surface area (Å²) in [4.78, 5) is 0. The second kappa shape index (κ2) is 5.75. The molecule has 1 aliphatic carbocycles. The van der Waals surface area contributed by atoms with Gasteiger partial charge in [-0.2, -0.15) is 0 Å². The zero-order valence-electron chi connectivity index (χ0n) is 11.4. The van der Waals surface area contributed by atoms with E-state index in [4.69, 9.17) is 0 Å². The van der Waals surface area contributed by atoms with Crippen LogP contribution in [-0.2, 0) is 9.84 Å². The molecule has 1 saturated carbocycles. The summed E-state index contributed by atoms with van der Waals surface area (Å²) < 4.78 is 63.7. The topological polar surface area (TPSA) is 55.4 Å². The SMILES string of the molecule is CS(=O)(=O)C1CCCC1Nc1cccc(OC(F)(F)F)c1. The molecule has 0 saturated heterocycles. The van der Waals surface area contributed by atoms with Crippen LogP contribution in [0, 0.1) is 0 Å². The highest BCUT2D eigenvalue weighted by molar-refractivity contribution is 7.91. The zero-order chi connectivity index (χ0) is 15.7. The van der Waals surface area contributed by atoms with Crippen molar-refractivity contribution in [2.75, 3.05) is 11.6 Å². The van der Waals surface area contributed by atoms with Crippen molar-refractivity contribution >= 4 is 15.5 Å². The summed E-state index contributed by atoms with van der Waals surface area (Å²) in [5, 5.41) is 2.49. The lowest BCUT2D eigenvalue weighted by Gasteiger charge is -2.21. The summed E-state index contributed by atoms with van der Waals surface area (Å²) in [6, 6.07) is 5.13. The second-order valence-corrected chi connectivity index (χ2v) is 7.39. The van der Waals surface area contributed by atoms with Gasteiger partial charge in [-0.15, -0.1) is 13.2 Å². The van der Waals surface area contributed by atoms with Gasteiger partial charge in [0.1, 0.15) is 5.75 Å². The lowest BCUT2D eigenvalue weighted by Crippen LogP contribution is -2.34. The van der Waals surface area contributed by atoms with Crippen molar-refractivity contribution in [3.8, 4) is 5.75 Å². The monoisotopic (exact) mass is 323 g/mol. The number of rotatable bonds is 4. The van der Waals surface area contributed by atoms with Crippen molar-refractivity contribution in [2.24, 2.45) is 0 Å². The first kappa shape index (κ1) is 15.9. The van der Waals surface area contributed by atoms with Gasteiger partial charge in [-0.1, -0.05) is 6.07 Å². The smallest absolute Gasteiger partial charge is 0.406 e. The molecule has 21 heavy (non-hydrogen) atoms. The number of sulfone groups is 1. The molecule has 2 unspecified atom stereocenters. The minimum absolute atomic E-state index is 0.291. The highest BCUT2D eigenvalue weighted by Gasteiger charge is 2.35. The van der Waals surface area contributed by atoms with E-state index in [2.05, 4.69) is 10.1 Å². The van der Waals surface area contributed by atoms with Gasteiger partial charge in [0, 0.05) is 24.1 Å². The normalized spacial score (nSPS) is 23.0. The molecule has 1 aromatic rings. The van der Waals surface area contributed by atoms with Gasteiger partial charge in [0.05, 0.1) is 5.25 Å². The Kier molecular flexibility index (Phi) is 4.36. The third-order valence-corrected chi connectivity index (χ3v) is 5.09. The largest absolute Gasteiger partial charge is 0.573 e. The molecule has 2 atom stereocenters. The Balaban J connectivity index is 2.11. The van der Waals surface area contributed by atoms with Crippen molar-refractivity contribution in [1.29, 1.82) is 0 Å². The fourth-order valence-electron chi connectivity index (χ4n) is 2.60. The first-order chi connectivity index (χ1) is 9.65. The molecule has 0 radical (unpaired) electrons. The highest BCUT2D eigenvalue weighted by atomic mass is 32.2. The molecule has 1 aliphatic rings. The first-order valence-electron chi connectivity index (χ1n) is 6.46. The van der Waals surface area contributed by atoms with Crippen LogP contribution in [0.2, 0.25) is 0 Å². The maximum Gasteiger partial charge on any atom is 0.573 e. The molecule has 0 heterocycles. The van der Waals surface area contributed by atoms with E-state index < -0.39 is 21.4 Å². The van der Waals surface area contributed by atoms with Crippen LogP contribution in [0.4, 0.5) is 18.9 Å². The number of nitrogens with one attached hydrogen (secondary N) is 1. The minimum Gasteiger partial charge on any atom is -0.406 e. The molecular formula is C13H16F3NO3S. The Bertz CT molecular complexity index is 601. The molecule has 1 aromatic carbocycles. The van der Waals surface area contributed by atoms with Crippen LogP contribution in [0.3, 0.4) is 0 Å². The summed E-state index contributed by atoms with van der Waals surface area (Å²) >= 11 is 0. The van der Waals surface area contributed by atoms with Crippen molar-refractivity contribution in [3.63, 3.8) is 0 Å². The van der Waals surface area contributed by atoms with Crippen LogP contribution in [0.25, 0.3) is 0 Å². The number of hydrogen-bond acceptors (Lipinski definition) is 4. The Hall–Kier alpha value is -1.44. The number of anilines is 1. The van der Waals surface area contributed by atoms with Gasteiger partial charge in [-0.25, -0.2) is 8.42 Å². The van der Waals surface area contributed by atoms with E-state index in [0.717, 1.165) is 6.42 Å². The van der Waals surface area contributed by atoms with Crippen LogP contribution in [0.1, 0.15) is 19.3 Å². The van der Waals surface area contributed by atoms with Crippen LogP contribution in [0.15, 0.2) is 24.3 Å². The summed E-state index contributed by atoms with van der Waals surface area (Å²) in [5.74, 6) is -0.332. The van der Waals surface area contributed by atoms with Crippen LogP contribution in [0.5, 0.6) is 5.75 Å². The van der Waals surface area contributed by atoms with Gasteiger partial charge in [-0.3, -0.25) is 0 Å². The zero-order valence-corrected chi connectivity index (χ0v) is 12.2. The van der Waals surface area contributed by atoms with Gasteiger partial charge < -0.3 is 10.1 Å². The molecule has 8 heteroatoms. The van der Waals surface area contributed by atoms with Gasteiger partial charge >= 0.3 is 6.36 Å². The van der Waals surface area contributed by atoms with E-state index in [9.17, 15) is 21.6 Å². The number of halogens is 3. The van der Waals surface area contributed by atoms with Crippen LogP contribution in [-0.4, -0.2) is 32.3 Å². The third-order valence-electron chi connectivity index (χ3n) is 3.42. The van der Waals surface area contributed by atoms with E-state index >= 15 is 0 Å². The Morgan fingerprint density at radius 2 is 2.00 bits per heavy atom. The first-order valence-corrected chi connectivity index (χ1v) is 8.42. The minimum atomic E-state index is -4.75. The molecule has 1 N–H and O–H groups in total. The summed E-state index contributed by atoms with van der Waals surface area (Å²) in [6.07, 6.45) is -1.56. The molecule has 4 nitrogen and oxygen atoms in total. The molecule has 2 rings (SSSR count). The maximum absolute atomic E-state index is 12.2. The van der Waals surface area contributed by atoms with E-state index in [1.165, 1.54) is 24.5 Å². The van der Waals surface area contributed by atoms with Crippen LogP contribution >= 0.6 is 0 Å². The fraction of sp³-hybridized carbons (Fsp3) is 0.538. The molecule has 0 aromatic heterocycles. The standard InChI is InChI=1S/C13H16F3NO3S/c1-21(18,19)12-7-3-6-11(12)17-9-4-2-5-10(8-9)20-13(14,15)16/h2,4-5,8,11-12,17H,3,6-7H2,1H3. The molecular weight excluding hydrogens is 307 g/mol. The average Bonchev–Trinajstić information content (AvgIpc) is 2.74. The van der Waals surface area contributed by atoms with E-state index in [1.807, 2.05) is 0 Å². The molecule has 1 fully saturated rings. The van der Waals surface area contributed by atoms with E-state index in [1.54, 1.807) is 6.07 Å². The quantitative estimate of drug-likeness (QED) is 0.925. The molecule has 0 bridgehead atoms. The lowest BCUT2D eigenvalue weighted by atomic mass is 10.2. The average molecular weight is 323 g/mol. The lowest BCUT2D eigenvalue weighted by molar-refractivity contribution is -0.274. The van der Waals surface area contributed by atoms with Gasteiger partial charge in [0.15, 0.2) is 9.84 Å². The van der Waals surface area contributed by atoms with Gasteiger partial charge in [0.2, 0.25) is 0 Å². The van der Waals surface area contributed by atoms with E-state index in [0.29, 0.717) is 18.5 Å².